The quantitative estimate of drug-likeness (QED) is 0.600. The van der Waals surface area contributed by atoms with Gasteiger partial charge in [0.15, 0.2) is 5.76 Å². The molecule has 0 heterocycles. The fourth-order valence-corrected chi connectivity index (χ4v) is 1.70. The molecule has 0 amide bonds. The van der Waals surface area contributed by atoms with Gasteiger partial charge in [0.25, 0.3) is 0 Å². The van der Waals surface area contributed by atoms with Crippen LogP contribution in [0.3, 0.4) is 0 Å². The Bertz CT molecular complexity index is 538. The molecule has 0 saturated heterocycles. The van der Waals surface area contributed by atoms with Crippen molar-refractivity contribution >= 4 is 6.08 Å². The normalized spacial score (nSPS) is 18.6. The first-order valence-electron chi connectivity index (χ1n) is 5.49. The molecule has 94 valence electrons. The lowest BCUT2D eigenvalue weighted by Gasteiger charge is -2.24. The highest BCUT2D eigenvalue weighted by Gasteiger charge is 2.31. The topological polar surface area (TPSA) is 80.9 Å². The summed E-state index contributed by atoms with van der Waals surface area (Å²) in [6.07, 6.45) is 6.24. The highest BCUT2D eigenvalue weighted by Crippen LogP contribution is 2.26. The van der Waals surface area contributed by atoms with Gasteiger partial charge in [0.1, 0.15) is 5.75 Å². The lowest BCUT2D eigenvalue weighted by molar-refractivity contribution is -0.150. The Morgan fingerprint density at radius 1 is 1.06 bits per heavy atom. The monoisotopic (exact) mass is 246 g/mol. The van der Waals surface area contributed by atoms with E-state index in [1.54, 1.807) is 36.4 Å². The van der Waals surface area contributed by atoms with Crippen LogP contribution in [0, 0.1) is 0 Å². The molecule has 1 aliphatic rings. The number of allylic oxidation sites excluding steroid dienone is 3. The second kappa shape index (κ2) is 4.68. The lowest BCUT2D eigenvalue weighted by atomic mass is 9.97. The molecular formula is C14H14O4. The van der Waals surface area contributed by atoms with E-state index in [0.717, 1.165) is 5.56 Å². The van der Waals surface area contributed by atoms with Gasteiger partial charge in [-0.15, -0.1) is 0 Å². The minimum absolute atomic E-state index is 0.0787. The predicted molar refractivity (Wildman–Crippen MR) is 67.7 cm³/mol. The smallest absolute Gasteiger partial charge is 0.226 e. The predicted octanol–water partition coefficient (Wildman–Crippen LogP) is 1.86. The van der Waals surface area contributed by atoms with Crippen LogP contribution in [0.25, 0.3) is 6.08 Å². The van der Waals surface area contributed by atoms with Crippen LogP contribution in [0.2, 0.25) is 0 Å². The molecule has 0 radical (unpaired) electrons. The van der Waals surface area contributed by atoms with Crippen LogP contribution in [0.4, 0.5) is 0 Å². The first-order valence-corrected chi connectivity index (χ1v) is 5.49. The summed E-state index contributed by atoms with van der Waals surface area (Å²) in [5.74, 6) is -2.49. The van der Waals surface area contributed by atoms with E-state index in [2.05, 4.69) is 0 Å². The zero-order valence-corrected chi connectivity index (χ0v) is 9.61. The van der Waals surface area contributed by atoms with Crippen LogP contribution >= 0.6 is 0 Å². The number of aromatic hydroxyl groups is 1. The third-order valence-electron chi connectivity index (χ3n) is 2.68. The van der Waals surface area contributed by atoms with Crippen molar-refractivity contribution in [2.24, 2.45) is 0 Å². The highest BCUT2D eigenvalue weighted by molar-refractivity contribution is 5.55. The number of benzene rings is 1. The standard InChI is InChI=1S/C14H14O4/c15-12-3-1-2-10(8-12)4-5-11-6-7-13(16)14(17,18)9-11/h1-8,15-18H,9H2/b5-4+. The summed E-state index contributed by atoms with van der Waals surface area (Å²) in [6.45, 7) is 0. The van der Waals surface area contributed by atoms with Crippen LogP contribution in [0.5, 0.6) is 5.75 Å². The number of rotatable bonds is 2. The Kier molecular flexibility index (Phi) is 3.23. The van der Waals surface area contributed by atoms with Gasteiger partial charge >= 0.3 is 0 Å². The summed E-state index contributed by atoms with van der Waals surface area (Å²) < 4.78 is 0. The minimum atomic E-state index is -2.20. The van der Waals surface area contributed by atoms with E-state index in [1.165, 1.54) is 6.08 Å². The van der Waals surface area contributed by atoms with Crippen LogP contribution in [0.15, 0.2) is 53.8 Å². The number of hydrogen-bond acceptors (Lipinski definition) is 4. The maximum atomic E-state index is 9.48. The van der Waals surface area contributed by atoms with Crippen molar-refractivity contribution in [2.75, 3.05) is 0 Å². The summed E-state index contributed by atoms with van der Waals surface area (Å²) in [5.41, 5.74) is 1.47. The molecule has 4 heteroatoms. The number of phenolic OH excluding ortho intramolecular Hbond substituents is 1. The fourth-order valence-electron chi connectivity index (χ4n) is 1.70. The molecule has 0 aliphatic heterocycles. The second-order valence-corrected chi connectivity index (χ2v) is 4.22. The number of aliphatic hydroxyl groups is 3. The van der Waals surface area contributed by atoms with Crippen LogP contribution < -0.4 is 0 Å². The van der Waals surface area contributed by atoms with Crippen molar-refractivity contribution in [3.63, 3.8) is 0 Å². The lowest BCUT2D eigenvalue weighted by Crippen LogP contribution is -2.32. The molecule has 0 unspecified atom stereocenters. The average Bonchev–Trinajstić information content (AvgIpc) is 2.31. The Morgan fingerprint density at radius 2 is 1.83 bits per heavy atom. The molecule has 0 saturated carbocycles. The van der Waals surface area contributed by atoms with Crippen molar-refractivity contribution in [3.05, 3.63) is 59.4 Å². The summed E-state index contributed by atoms with van der Waals surface area (Å²) in [4.78, 5) is 0. The molecule has 0 spiro atoms. The van der Waals surface area contributed by atoms with E-state index >= 15 is 0 Å². The zero-order chi connectivity index (χ0) is 13.2. The van der Waals surface area contributed by atoms with Crippen LogP contribution in [-0.4, -0.2) is 26.2 Å². The van der Waals surface area contributed by atoms with Gasteiger partial charge in [-0.05, 0) is 29.3 Å². The van der Waals surface area contributed by atoms with Gasteiger partial charge in [-0.2, -0.15) is 0 Å². The Labute approximate surface area is 104 Å². The number of hydrogen-bond donors (Lipinski definition) is 4. The maximum Gasteiger partial charge on any atom is 0.226 e. The summed E-state index contributed by atoms with van der Waals surface area (Å²) >= 11 is 0. The number of phenols is 1. The highest BCUT2D eigenvalue weighted by atomic mass is 16.5. The van der Waals surface area contributed by atoms with Crippen molar-refractivity contribution in [1.82, 2.24) is 0 Å². The van der Waals surface area contributed by atoms with Gasteiger partial charge in [0.05, 0.1) is 0 Å². The zero-order valence-electron chi connectivity index (χ0n) is 9.61. The Hall–Kier alpha value is -2.04. The SMILES string of the molecule is OC1=CC=C(/C=C/c2cccc(O)c2)CC1(O)O. The Morgan fingerprint density at radius 3 is 2.50 bits per heavy atom. The molecule has 18 heavy (non-hydrogen) atoms. The first kappa shape index (κ1) is 12.4. The molecule has 1 aromatic carbocycles. The van der Waals surface area contributed by atoms with Gasteiger partial charge in [0.2, 0.25) is 5.79 Å². The van der Waals surface area contributed by atoms with Crippen LogP contribution in [0.1, 0.15) is 12.0 Å². The van der Waals surface area contributed by atoms with E-state index in [-0.39, 0.29) is 12.2 Å². The van der Waals surface area contributed by atoms with Gasteiger partial charge in [-0.25, -0.2) is 0 Å². The molecular weight excluding hydrogens is 232 g/mol. The fraction of sp³-hybridized carbons (Fsp3) is 0.143. The first-order chi connectivity index (χ1) is 8.47. The van der Waals surface area contributed by atoms with E-state index in [0.29, 0.717) is 5.57 Å². The Balaban J connectivity index is 2.16. The molecule has 4 N–H and O–H groups in total. The summed E-state index contributed by atoms with van der Waals surface area (Å²) in [7, 11) is 0. The molecule has 0 aromatic heterocycles. The molecule has 1 aliphatic carbocycles. The summed E-state index contributed by atoms with van der Waals surface area (Å²) in [6, 6.07) is 6.71. The summed E-state index contributed by atoms with van der Waals surface area (Å²) in [5, 5.41) is 37.5. The van der Waals surface area contributed by atoms with E-state index < -0.39 is 11.5 Å². The second-order valence-electron chi connectivity index (χ2n) is 4.22. The number of aliphatic hydroxyl groups excluding tert-OH is 1. The molecule has 0 fully saturated rings. The molecule has 2 rings (SSSR count). The largest absolute Gasteiger partial charge is 0.508 e. The molecule has 0 bridgehead atoms. The van der Waals surface area contributed by atoms with Gasteiger partial charge in [-0.3, -0.25) is 0 Å². The van der Waals surface area contributed by atoms with E-state index in [4.69, 9.17) is 0 Å². The molecule has 1 aromatic rings. The maximum absolute atomic E-state index is 9.48. The third-order valence-corrected chi connectivity index (χ3v) is 2.68. The van der Waals surface area contributed by atoms with Gasteiger partial charge < -0.3 is 20.4 Å². The van der Waals surface area contributed by atoms with Crippen molar-refractivity contribution in [2.45, 2.75) is 12.2 Å². The minimum Gasteiger partial charge on any atom is -0.508 e. The van der Waals surface area contributed by atoms with Crippen LogP contribution in [-0.2, 0) is 0 Å². The van der Waals surface area contributed by atoms with E-state index in [1.807, 2.05) is 6.07 Å². The molecule has 4 nitrogen and oxygen atoms in total. The third kappa shape index (κ3) is 2.80. The van der Waals surface area contributed by atoms with Gasteiger partial charge in [-0.1, -0.05) is 30.4 Å². The van der Waals surface area contributed by atoms with E-state index in [9.17, 15) is 20.4 Å². The van der Waals surface area contributed by atoms with Crippen molar-refractivity contribution in [1.29, 1.82) is 0 Å². The van der Waals surface area contributed by atoms with Gasteiger partial charge in [0, 0.05) is 6.42 Å². The average molecular weight is 246 g/mol. The van der Waals surface area contributed by atoms with Crippen molar-refractivity contribution in [3.8, 4) is 5.75 Å². The molecule has 0 atom stereocenters. The van der Waals surface area contributed by atoms with Crippen molar-refractivity contribution < 1.29 is 20.4 Å².